The number of aromatic nitrogens is 3. The quantitative estimate of drug-likeness (QED) is 0.922. The van der Waals surface area contributed by atoms with Gasteiger partial charge < -0.3 is 5.32 Å². The number of thioether (sulfide) groups is 1. The number of nitrogens with zero attached hydrogens (tertiary/aromatic N) is 3. The van der Waals surface area contributed by atoms with E-state index in [0.717, 1.165) is 18.7 Å². The summed E-state index contributed by atoms with van der Waals surface area (Å²) in [4.78, 5) is 2.95. The van der Waals surface area contributed by atoms with Gasteiger partial charge in [0.05, 0.1) is 17.9 Å². The van der Waals surface area contributed by atoms with Gasteiger partial charge in [-0.05, 0) is 37.3 Å². The van der Waals surface area contributed by atoms with Crippen molar-refractivity contribution in [3.63, 3.8) is 0 Å². The standard InChI is InChI=1S/C14H20N4S2/c1-3-5-18-11(8-16-17-18)14(15-2)13-7-10-9-19-6-4-12(10)20-13/h7-8,14-15H,3-6,9H2,1-2H3. The first-order chi connectivity index (χ1) is 9.83. The molecule has 0 fully saturated rings. The van der Waals surface area contributed by atoms with E-state index in [2.05, 4.69) is 28.6 Å². The van der Waals surface area contributed by atoms with Gasteiger partial charge in [-0.1, -0.05) is 12.1 Å². The molecule has 6 heteroatoms. The third kappa shape index (κ3) is 2.64. The molecule has 2 aromatic rings. The van der Waals surface area contributed by atoms with Crippen LogP contribution in [0, 0.1) is 0 Å². The van der Waals surface area contributed by atoms with E-state index in [1.807, 2.05) is 41.0 Å². The second kappa shape index (κ2) is 6.28. The normalized spacial score (nSPS) is 16.1. The molecule has 0 aliphatic carbocycles. The number of aryl methyl sites for hydroxylation is 2. The van der Waals surface area contributed by atoms with Gasteiger partial charge in [0.1, 0.15) is 0 Å². The molecule has 3 rings (SSSR count). The average molecular weight is 308 g/mol. The van der Waals surface area contributed by atoms with Crippen LogP contribution in [0.15, 0.2) is 12.3 Å². The van der Waals surface area contributed by atoms with Crippen molar-refractivity contribution in [2.24, 2.45) is 0 Å². The highest BCUT2D eigenvalue weighted by Crippen LogP contribution is 2.36. The number of thiophene rings is 1. The molecule has 0 aromatic carbocycles. The first-order valence-corrected chi connectivity index (χ1v) is 9.05. The summed E-state index contributed by atoms with van der Waals surface area (Å²) in [5, 5.41) is 11.7. The van der Waals surface area contributed by atoms with E-state index in [1.54, 1.807) is 4.88 Å². The Bertz CT molecular complexity index is 552. The molecule has 1 N–H and O–H groups in total. The molecule has 0 saturated carbocycles. The second-order valence-electron chi connectivity index (χ2n) is 5.00. The van der Waals surface area contributed by atoms with E-state index in [9.17, 15) is 0 Å². The van der Waals surface area contributed by atoms with Crippen molar-refractivity contribution in [1.29, 1.82) is 0 Å². The van der Waals surface area contributed by atoms with E-state index in [1.165, 1.54) is 28.3 Å². The summed E-state index contributed by atoms with van der Waals surface area (Å²) in [6, 6.07) is 2.58. The fraction of sp³-hybridized carbons (Fsp3) is 0.571. The lowest BCUT2D eigenvalue weighted by Crippen LogP contribution is -2.20. The van der Waals surface area contributed by atoms with Gasteiger partial charge in [-0.25, -0.2) is 4.68 Å². The molecule has 1 unspecified atom stereocenters. The fourth-order valence-corrected chi connectivity index (χ4v) is 5.12. The Kier molecular flexibility index (Phi) is 4.43. The van der Waals surface area contributed by atoms with Gasteiger partial charge in [-0.15, -0.1) is 16.4 Å². The summed E-state index contributed by atoms with van der Waals surface area (Å²) in [5.74, 6) is 2.42. The van der Waals surface area contributed by atoms with Crippen molar-refractivity contribution in [3.8, 4) is 0 Å². The lowest BCUT2D eigenvalue weighted by molar-refractivity contribution is 0.526. The molecule has 3 heterocycles. The molecule has 20 heavy (non-hydrogen) atoms. The zero-order chi connectivity index (χ0) is 13.9. The number of fused-ring (bicyclic) bond motifs is 1. The van der Waals surface area contributed by atoms with Crippen LogP contribution in [-0.4, -0.2) is 27.8 Å². The van der Waals surface area contributed by atoms with Gasteiger partial charge in [0, 0.05) is 22.1 Å². The smallest absolute Gasteiger partial charge is 0.0856 e. The number of hydrogen-bond acceptors (Lipinski definition) is 5. The van der Waals surface area contributed by atoms with Crippen molar-refractivity contribution in [3.05, 3.63) is 33.3 Å². The predicted molar refractivity (Wildman–Crippen MR) is 85.4 cm³/mol. The van der Waals surface area contributed by atoms with Crippen LogP contribution in [-0.2, 0) is 18.7 Å². The van der Waals surface area contributed by atoms with Crippen LogP contribution < -0.4 is 5.32 Å². The van der Waals surface area contributed by atoms with Gasteiger partial charge in [-0.2, -0.15) is 11.8 Å². The van der Waals surface area contributed by atoms with E-state index in [4.69, 9.17) is 0 Å². The molecule has 0 amide bonds. The molecule has 4 nitrogen and oxygen atoms in total. The molecule has 0 spiro atoms. The Morgan fingerprint density at radius 3 is 3.15 bits per heavy atom. The molecule has 0 bridgehead atoms. The zero-order valence-corrected chi connectivity index (χ0v) is 13.6. The number of hydrogen-bond donors (Lipinski definition) is 1. The predicted octanol–water partition coefficient (Wildman–Crippen LogP) is 2.85. The molecular weight excluding hydrogens is 288 g/mol. The Hall–Kier alpha value is -0.850. The highest BCUT2D eigenvalue weighted by atomic mass is 32.2. The summed E-state index contributed by atoms with van der Waals surface area (Å²) in [6.45, 7) is 3.09. The summed E-state index contributed by atoms with van der Waals surface area (Å²) in [7, 11) is 2.02. The Balaban J connectivity index is 1.92. The van der Waals surface area contributed by atoms with E-state index in [0.29, 0.717) is 0 Å². The molecule has 1 aliphatic heterocycles. The van der Waals surface area contributed by atoms with Crippen LogP contribution in [0.4, 0.5) is 0 Å². The van der Waals surface area contributed by atoms with Crippen LogP contribution in [0.3, 0.4) is 0 Å². The molecule has 0 saturated heterocycles. The zero-order valence-electron chi connectivity index (χ0n) is 11.9. The van der Waals surface area contributed by atoms with Crippen LogP contribution in [0.2, 0.25) is 0 Å². The first kappa shape index (κ1) is 14.1. The highest BCUT2D eigenvalue weighted by Gasteiger charge is 2.22. The molecule has 2 aromatic heterocycles. The minimum Gasteiger partial charge on any atom is -0.307 e. The molecule has 108 valence electrons. The fourth-order valence-electron chi connectivity index (χ4n) is 2.62. The maximum atomic E-state index is 4.21. The Morgan fingerprint density at radius 1 is 1.50 bits per heavy atom. The topological polar surface area (TPSA) is 42.7 Å². The van der Waals surface area contributed by atoms with Crippen molar-refractivity contribution in [2.45, 2.75) is 38.1 Å². The van der Waals surface area contributed by atoms with Gasteiger partial charge in [0.2, 0.25) is 0 Å². The largest absolute Gasteiger partial charge is 0.307 e. The van der Waals surface area contributed by atoms with E-state index < -0.39 is 0 Å². The Labute approximate surface area is 128 Å². The van der Waals surface area contributed by atoms with Crippen LogP contribution in [0.25, 0.3) is 0 Å². The van der Waals surface area contributed by atoms with Crippen LogP contribution in [0.5, 0.6) is 0 Å². The first-order valence-electron chi connectivity index (χ1n) is 7.08. The molecule has 0 radical (unpaired) electrons. The monoisotopic (exact) mass is 308 g/mol. The minimum atomic E-state index is 0.206. The summed E-state index contributed by atoms with van der Waals surface area (Å²) < 4.78 is 2.02. The number of nitrogens with one attached hydrogen (secondary N) is 1. The van der Waals surface area contributed by atoms with Gasteiger partial charge in [0.15, 0.2) is 0 Å². The van der Waals surface area contributed by atoms with Crippen molar-refractivity contribution in [2.75, 3.05) is 12.8 Å². The van der Waals surface area contributed by atoms with Crippen LogP contribution in [0.1, 0.15) is 40.4 Å². The van der Waals surface area contributed by atoms with Gasteiger partial charge >= 0.3 is 0 Å². The minimum absolute atomic E-state index is 0.206. The maximum Gasteiger partial charge on any atom is 0.0856 e. The molecule has 1 aliphatic rings. The second-order valence-corrected chi connectivity index (χ2v) is 7.28. The van der Waals surface area contributed by atoms with Crippen LogP contribution >= 0.6 is 23.1 Å². The summed E-state index contributed by atoms with van der Waals surface area (Å²) in [6.07, 6.45) is 4.18. The van der Waals surface area contributed by atoms with Crippen molar-refractivity contribution < 1.29 is 0 Å². The van der Waals surface area contributed by atoms with Gasteiger partial charge in [-0.3, -0.25) is 0 Å². The molecule has 1 atom stereocenters. The summed E-state index contributed by atoms with van der Waals surface area (Å²) in [5.41, 5.74) is 2.69. The third-order valence-corrected chi connectivity index (χ3v) is 5.91. The number of rotatable bonds is 5. The SMILES string of the molecule is CCCn1nncc1C(NC)c1cc2c(s1)CCSC2. The van der Waals surface area contributed by atoms with Gasteiger partial charge in [0.25, 0.3) is 0 Å². The van der Waals surface area contributed by atoms with E-state index in [-0.39, 0.29) is 6.04 Å². The highest BCUT2D eigenvalue weighted by molar-refractivity contribution is 7.98. The third-order valence-electron chi connectivity index (χ3n) is 3.60. The Morgan fingerprint density at radius 2 is 2.40 bits per heavy atom. The lowest BCUT2D eigenvalue weighted by atomic mass is 10.1. The lowest BCUT2D eigenvalue weighted by Gasteiger charge is -2.15. The average Bonchev–Trinajstić information content (AvgIpc) is 3.07. The molecular formula is C14H20N4S2. The van der Waals surface area contributed by atoms with Crippen molar-refractivity contribution >= 4 is 23.1 Å². The summed E-state index contributed by atoms with van der Waals surface area (Å²) >= 11 is 3.98. The maximum absolute atomic E-state index is 4.21. The van der Waals surface area contributed by atoms with E-state index >= 15 is 0 Å². The van der Waals surface area contributed by atoms with Crippen molar-refractivity contribution in [1.82, 2.24) is 20.3 Å².